The molecule has 1 aliphatic rings. The van der Waals surface area contributed by atoms with E-state index in [9.17, 15) is 23.6 Å². The zero-order valence-corrected chi connectivity index (χ0v) is 11.5. The van der Waals surface area contributed by atoms with Gasteiger partial charge in [0.2, 0.25) is 10.0 Å². The first-order valence-corrected chi connectivity index (χ1v) is 7.31. The van der Waals surface area contributed by atoms with Crippen LogP contribution in [0.5, 0.6) is 5.75 Å². The summed E-state index contributed by atoms with van der Waals surface area (Å²) in [7, 11) is -2.58. The van der Waals surface area contributed by atoms with Crippen molar-refractivity contribution in [2.24, 2.45) is 0 Å². The second-order valence-electron chi connectivity index (χ2n) is 4.40. The number of benzene rings is 1. The van der Waals surface area contributed by atoms with Gasteiger partial charge in [0, 0.05) is 19.2 Å². The third kappa shape index (κ3) is 2.60. The fourth-order valence-corrected chi connectivity index (χ4v) is 3.68. The Labute approximate surface area is 115 Å². The number of β-amino-alcohol motifs (C(OH)–C–C–N with tert-alkyl or cyclic N) is 1. The molecule has 8 nitrogen and oxygen atoms in total. The third-order valence-electron chi connectivity index (χ3n) is 3.10. The van der Waals surface area contributed by atoms with Gasteiger partial charge in [-0.3, -0.25) is 10.1 Å². The molecule has 0 radical (unpaired) electrons. The van der Waals surface area contributed by atoms with Crippen molar-refractivity contribution < 1.29 is 23.2 Å². The molecule has 1 aromatic carbocycles. The predicted octanol–water partition coefficient (Wildman–Crippen LogP) is 0.359. The molecule has 0 aliphatic carbocycles. The van der Waals surface area contributed by atoms with E-state index in [0.29, 0.717) is 6.42 Å². The summed E-state index contributed by atoms with van der Waals surface area (Å²) >= 11 is 0. The molecule has 9 heteroatoms. The Morgan fingerprint density at radius 3 is 2.70 bits per heavy atom. The Morgan fingerprint density at radius 2 is 2.20 bits per heavy atom. The normalized spacial score (nSPS) is 20.0. The highest BCUT2D eigenvalue weighted by Crippen LogP contribution is 2.31. The lowest BCUT2D eigenvalue weighted by Gasteiger charge is -2.17. The molecule has 1 heterocycles. The van der Waals surface area contributed by atoms with E-state index in [1.165, 1.54) is 7.11 Å². The van der Waals surface area contributed by atoms with Gasteiger partial charge < -0.3 is 9.84 Å². The van der Waals surface area contributed by atoms with Gasteiger partial charge in [-0.05, 0) is 12.5 Å². The van der Waals surface area contributed by atoms with Gasteiger partial charge in [-0.25, -0.2) is 8.42 Å². The summed E-state index contributed by atoms with van der Waals surface area (Å²) in [5.74, 6) is -0.0828. The van der Waals surface area contributed by atoms with Gasteiger partial charge in [-0.1, -0.05) is 0 Å². The van der Waals surface area contributed by atoms with Gasteiger partial charge in [0.05, 0.1) is 24.2 Å². The van der Waals surface area contributed by atoms with Crippen LogP contribution in [0.15, 0.2) is 23.1 Å². The minimum atomic E-state index is -3.83. The zero-order valence-electron chi connectivity index (χ0n) is 10.7. The average Bonchev–Trinajstić information content (AvgIpc) is 2.85. The first kappa shape index (κ1) is 14.7. The molecular formula is C11H14N2O6S. The molecule has 0 unspecified atom stereocenters. The fraction of sp³-hybridized carbons (Fsp3) is 0.455. The number of sulfonamides is 1. The fourth-order valence-electron chi connectivity index (χ4n) is 2.05. The first-order valence-electron chi connectivity index (χ1n) is 5.87. The Balaban J connectivity index is 2.44. The van der Waals surface area contributed by atoms with E-state index in [1.54, 1.807) is 0 Å². The van der Waals surface area contributed by atoms with Gasteiger partial charge >= 0.3 is 0 Å². The minimum absolute atomic E-state index is 0.0163. The summed E-state index contributed by atoms with van der Waals surface area (Å²) in [6.45, 7) is 0.228. The number of rotatable bonds is 4. The molecule has 110 valence electrons. The van der Waals surface area contributed by atoms with Crippen LogP contribution in [0.25, 0.3) is 0 Å². The molecular weight excluding hydrogens is 288 g/mol. The van der Waals surface area contributed by atoms with Crippen molar-refractivity contribution in [2.45, 2.75) is 17.4 Å². The number of methoxy groups -OCH3 is 1. The van der Waals surface area contributed by atoms with Crippen molar-refractivity contribution in [3.8, 4) is 5.75 Å². The lowest BCUT2D eigenvalue weighted by molar-refractivity contribution is -0.385. The molecule has 1 aromatic rings. The number of hydrogen-bond donors (Lipinski definition) is 1. The molecule has 1 saturated heterocycles. The molecule has 1 N–H and O–H groups in total. The Kier molecular flexibility index (Phi) is 3.93. The van der Waals surface area contributed by atoms with E-state index >= 15 is 0 Å². The average molecular weight is 302 g/mol. The molecule has 0 saturated carbocycles. The number of hydrogen-bond acceptors (Lipinski definition) is 6. The monoisotopic (exact) mass is 302 g/mol. The van der Waals surface area contributed by atoms with E-state index in [2.05, 4.69) is 0 Å². The van der Waals surface area contributed by atoms with E-state index in [-0.39, 0.29) is 29.4 Å². The molecule has 1 fully saturated rings. The number of aliphatic hydroxyl groups is 1. The van der Waals surface area contributed by atoms with Crippen LogP contribution in [0.2, 0.25) is 0 Å². The highest BCUT2D eigenvalue weighted by Gasteiger charge is 2.34. The lowest BCUT2D eigenvalue weighted by atomic mass is 10.3. The van der Waals surface area contributed by atoms with E-state index in [0.717, 1.165) is 22.5 Å². The SMILES string of the molecule is COc1cc([N+](=O)[O-])ccc1S(=O)(=O)N1CC[C@H](O)C1. The highest BCUT2D eigenvalue weighted by atomic mass is 32.2. The third-order valence-corrected chi connectivity index (χ3v) is 5.01. The van der Waals surface area contributed by atoms with E-state index in [1.807, 2.05) is 0 Å². The number of nitro benzene ring substituents is 1. The van der Waals surface area contributed by atoms with E-state index < -0.39 is 21.1 Å². The summed E-state index contributed by atoms with van der Waals surface area (Å²) in [6.07, 6.45) is -0.317. The van der Waals surface area contributed by atoms with Crippen molar-refractivity contribution in [2.75, 3.05) is 20.2 Å². The second kappa shape index (κ2) is 5.35. The molecule has 0 amide bonds. The quantitative estimate of drug-likeness (QED) is 0.635. The smallest absolute Gasteiger partial charge is 0.273 e. The van der Waals surface area contributed by atoms with Gasteiger partial charge in [0.1, 0.15) is 10.6 Å². The standard InChI is InChI=1S/C11H14N2O6S/c1-19-10-6-8(13(15)16)2-3-11(10)20(17,18)12-5-4-9(14)7-12/h2-3,6,9,14H,4-5,7H2,1H3/t9-/m0/s1. The lowest BCUT2D eigenvalue weighted by Crippen LogP contribution is -2.30. The van der Waals surface area contributed by atoms with Crippen LogP contribution >= 0.6 is 0 Å². The number of aliphatic hydroxyl groups excluding tert-OH is 1. The van der Waals surface area contributed by atoms with Crippen molar-refractivity contribution in [1.82, 2.24) is 4.31 Å². The minimum Gasteiger partial charge on any atom is -0.495 e. The summed E-state index contributed by atoms with van der Waals surface area (Å²) in [6, 6.07) is 3.33. The summed E-state index contributed by atoms with van der Waals surface area (Å²) in [4.78, 5) is 9.92. The van der Waals surface area contributed by atoms with Gasteiger partial charge in [-0.15, -0.1) is 0 Å². The second-order valence-corrected chi connectivity index (χ2v) is 6.30. The maximum Gasteiger partial charge on any atom is 0.273 e. The number of nitro groups is 1. The summed E-state index contributed by atoms with van der Waals surface area (Å²) in [5.41, 5.74) is -0.248. The molecule has 20 heavy (non-hydrogen) atoms. The highest BCUT2D eigenvalue weighted by molar-refractivity contribution is 7.89. The van der Waals surface area contributed by atoms with Crippen LogP contribution in [-0.2, 0) is 10.0 Å². The Hall–Kier alpha value is -1.71. The predicted molar refractivity (Wildman–Crippen MR) is 69.0 cm³/mol. The molecule has 0 aromatic heterocycles. The summed E-state index contributed by atoms with van der Waals surface area (Å²) < 4.78 is 30.9. The van der Waals surface area contributed by atoms with Crippen molar-refractivity contribution >= 4 is 15.7 Å². The van der Waals surface area contributed by atoms with Crippen LogP contribution in [0.1, 0.15) is 6.42 Å². The van der Waals surface area contributed by atoms with Gasteiger partial charge in [0.25, 0.3) is 5.69 Å². The molecule has 1 atom stereocenters. The van der Waals surface area contributed by atoms with E-state index in [4.69, 9.17) is 4.74 Å². The van der Waals surface area contributed by atoms with Gasteiger partial charge in [-0.2, -0.15) is 4.31 Å². The molecule has 0 spiro atoms. The number of non-ortho nitro benzene ring substituents is 1. The Morgan fingerprint density at radius 1 is 1.50 bits per heavy atom. The maximum absolute atomic E-state index is 12.4. The van der Waals surface area contributed by atoms with Crippen LogP contribution in [0.3, 0.4) is 0 Å². The van der Waals surface area contributed by atoms with Gasteiger partial charge in [0.15, 0.2) is 0 Å². The first-order chi connectivity index (χ1) is 9.36. The number of ether oxygens (including phenoxy) is 1. The molecule has 2 rings (SSSR count). The summed E-state index contributed by atoms with van der Waals surface area (Å²) in [5, 5.41) is 20.1. The van der Waals surface area contributed by atoms with Crippen LogP contribution in [0, 0.1) is 10.1 Å². The van der Waals surface area contributed by atoms with Crippen molar-refractivity contribution in [3.63, 3.8) is 0 Å². The van der Waals surface area contributed by atoms with Crippen LogP contribution in [0.4, 0.5) is 5.69 Å². The molecule has 0 bridgehead atoms. The zero-order chi connectivity index (χ0) is 14.9. The largest absolute Gasteiger partial charge is 0.495 e. The van der Waals surface area contributed by atoms with Crippen LogP contribution < -0.4 is 4.74 Å². The number of nitrogens with zero attached hydrogens (tertiary/aromatic N) is 2. The van der Waals surface area contributed by atoms with Crippen molar-refractivity contribution in [3.05, 3.63) is 28.3 Å². The Bertz CT molecular complexity index is 630. The van der Waals surface area contributed by atoms with Crippen molar-refractivity contribution in [1.29, 1.82) is 0 Å². The van der Waals surface area contributed by atoms with Crippen LogP contribution in [-0.4, -0.2) is 49.1 Å². The molecule has 1 aliphatic heterocycles. The maximum atomic E-state index is 12.4. The topological polar surface area (TPSA) is 110 Å².